The van der Waals surface area contributed by atoms with Gasteiger partial charge in [-0.3, -0.25) is 4.99 Å². The first-order valence-corrected chi connectivity index (χ1v) is 11.4. The van der Waals surface area contributed by atoms with Gasteiger partial charge in [0.25, 0.3) is 0 Å². The number of hydrogen-bond donors (Lipinski definition) is 2. The van der Waals surface area contributed by atoms with Gasteiger partial charge in [-0.25, -0.2) is 0 Å². The van der Waals surface area contributed by atoms with E-state index in [1.54, 1.807) is 0 Å². The van der Waals surface area contributed by atoms with Crippen molar-refractivity contribution in [3.8, 4) is 0 Å². The van der Waals surface area contributed by atoms with E-state index in [0.29, 0.717) is 6.04 Å². The lowest BCUT2D eigenvalue weighted by Gasteiger charge is -2.35. The van der Waals surface area contributed by atoms with E-state index in [4.69, 9.17) is 4.99 Å². The largest absolute Gasteiger partial charge is 0.369 e. The zero-order valence-electron chi connectivity index (χ0n) is 17.9. The smallest absolute Gasteiger partial charge is 0.191 e. The number of anilines is 1. The topological polar surface area (TPSA) is 42.9 Å². The summed E-state index contributed by atoms with van der Waals surface area (Å²) in [5.41, 5.74) is 1.33. The number of likely N-dealkylation sites (tertiary alicyclic amines) is 1. The number of benzene rings is 1. The van der Waals surface area contributed by atoms with Gasteiger partial charge < -0.3 is 20.4 Å². The van der Waals surface area contributed by atoms with Gasteiger partial charge in [0.1, 0.15) is 0 Å². The number of rotatable bonds is 7. The van der Waals surface area contributed by atoms with Crippen LogP contribution < -0.4 is 15.5 Å². The Morgan fingerprint density at radius 1 is 1.07 bits per heavy atom. The molecule has 1 aromatic carbocycles. The average Bonchev–Trinajstić information content (AvgIpc) is 2.75. The Morgan fingerprint density at radius 3 is 2.57 bits per heavy atom. The molecule has 156 valence electrons. The van der Waals surface area contributed by atoms with Crippen LogP contribution in [0.15, 0.2) is 35.3 Å². The second-order valence-electron chi connectivity index (χ2n) is 8.19. The fourth-order valence-electron chi connectivity index (χ4n) is 4.43. The molecule has 0 bridgehead atoms. The van der Waals surface area contributed by atoms with Crippen LogP contribution in [-0.4, -0.2) is 62.7 Å². The highest BCUT2D eigenvalue weighted by Crippen LogP contribution is 2.21. The van der Waals surface area contributed by atoms with Crippen molar-refractivity contribution >= 4 is 11.6 Å². The first-order valence-electron chi connectivity index (χ1n) is 11.4. The minimum absolute atomic E-state index is 0.458. The summed E-state index contributed by atoms with van der Waals surface area (Å²) in [4.78, 5) is 9.96. The third kappa shape index (κ3) is 6.40. The summed E-state index contributed by atoms with van der Waals surface area (Å²) in [7, 11) is 0. The van der Waals surface area contributed by atoms with Gasteiger partial charge in [0.2, 0.25) is 0 Å². The van der Waals surface area contributed by atoms with E-state index in [-0.39, 0.29) is 0 Å². The van der Waals surface area contributed by atoms with Gasteiger partial charge in [0.15, 0.2) is 5.96 Å². The van der Waals surface area contributed by atoms with E-state index in [9.17, 15) is 0 Å². The molecule has 0 saturated carbocycles. The lowest BCUT2D eigenvalue weighted by Crippen LogP contribution is -2.51. The summed E-state index contributed by atoms with van der Waals surface area (Å²) in [5.74, 6) is 1.84. The third-order valence-electron chi connectivity index (χ3n) is 6.19. The highest BCUT2D eigenvalue weighted by Gasteiger charge is 2.21. The van der Waals surface area contributed by atoms with Crippen LogP contribution in [0, 0.1) is 5.92 Å². The molecule has 2 aliphatic heterocycles. The maximum absolute atomic E-state index is 4.90. The van der Waals surface area contributed by atoms with Crippen molar-refractivity contribution in [3.05, 3.63) is 30.3 Å². The van der Waals surface area contributed by atoms with E-state index < -0.39 is 0 Å². The van der Waals surface area contributed by atoms with Crippen molar-refractivity contribution in [1.82, 2.24) is 15.5 Å². The molecule has 0 aromatic heterocycles. The van der Waals surface area contributed by atoms with E-state index in [1.165, 1.54) is 57.4 Å². The fraction of sp³-hybridized carbons (Fsp3) is 0.696. The molecule has 5 nitrogen and oxygen atoms in total. The lowest BCUT2D eigenvalue weighted by atomic mass is 9.94. The Bertz CT molecular complexity index is 580. The maximum Gasteiger partial charge on any atom is 0.191 e. The van der Waals surface area contributed by atoms with Gasteiger partial charge in [0.05, 0.1) is 0 Å². The highest BCUT2D eigenvalue weighted by atomic mass is 15.2. The van der Waals surface area contributed by atoms with Crippen molar-refractivity contribution < 1.29 is 0 Å². The van der Waals surface area contributed by atoms with E-state index >= 15 is 0 Å². The minimum Gasteiger partial charge on any atom is -0.369 e. The van der Waals surface area contributed by atoms with Crippen molar-refractivity contribution in [1.29, 1.82) is 0 Å². The number of guanidine groups is 1. The molecular formula is C23H39N5. The third-order valence-corrected chi connectivity index (χ3v) is 6.19. The summed E-state index contributed by atoms with van der Waals surface area (Å²) in [5, 5.41) is 7.15. The van der Waals surface area contributed by atoms with Gasteiger partial charge in [-0.2, -0.15) is 0 Å². The Kier molecular flexibility index (Phi) is 8.46. The standard InChI is InChI=1S/C23H39N5/c1-3-24-23(25-15-12-20-13-17-27(4-2)18-14-20)26-21-9-8-16-28(19-21)22-10-6-5-7-11-22/h5-7,10-11,20-21H,3-4,8-9,12-19H2,1-2H3,(H2,24,25,26). The number of para-hydroxylation sites is 1. The first kappa shape index (κ1) is 21.0. The van der Waals surface area contributed by atoms with Crippen LogP contribution in [0.25, 0.3) is 0 Å². The van der Waals surface area contributed by atoms with Crippen LogP contribution in [-0.2, 0) is 0 Å². The number of hydrogen-bond acceptors (Lipinski definition) is 3. The molecule has 2 saturated heterocycles. The molecular weight excluding hydrogens is 346 g/mol. The number of nitrogens with zero attached hydrogens (tertiary/aromatic N) is 3. The summed E-state index contributed by atoms with van der Waals surface area (Å²) in [6.07, 6.45) is 6.32. The van der Waals surface area contributed by atoms with Crippen LogP contribution in [0.3, 0.4) is 0 Å². The number of piperidine rings is 2. The van der Waals surface area contributed by atoms with Crippen LogP contribution in [0.4, 0.5) is 5.69 Å². The predicted octanol–water partition coefficient (Wildman–Crippen LogP) is 3.33. The maximum atomic E-state index is 4.90. The molecule has 5 heteroatoms. The van der Waals surface area contributed by atoms with Gasteiger partial charge in [-0.05, 0) is 76.7 Å². The van der Waals surface area contributed by atoms with Crippen molar-refractivity contribution in [2.24, 2.45) is 10.9 Å². The first-order chi connectivity index (χ1) is 13.8. The van der Waals surface area contributed by atoms with Crippen molar-refractivity contribution in [2.45, 2.75) is 52.0 Å². The molecule has 2 aliphatic rings. The molecule has 2 fully saturated rings. The molecule has 0 aliphatic carbocycles. The summed E-state index contributed by atoms with van der Waals surface area (Å²) in [6.45, 7) is 12.2. The second kappa shape index (κ2) is 11.3. The second-order valence-corrected chi connectivity index (χ2v) is 8.19. The van der Waals surface area contributed by atoms with E-state index in [0.717, 1.165) is 38.1 Å². The Hall–Kier alpha value is -1.75. The molecule has 1 atom stereocenters. The fourth-order valence-corrected chi connectivity index (χ4v) is 4.43. The zero-order chi connectivity index (χ0) is 19.6. The van der Waals surface area contributed by atoms with Gasteiger partial charge in [-0.1, -0.05) is 25.1 Å². The van der Waals surface area contributed by atoms with Gasteiger partial charge in [0, 0.05) is 37.9 Å². The highest BCUT2D eigenvalue weighted by molar-refractivity contribution is 5.80. The summed E-state index contributed by atoms with van der Waals surface area (Å²) >= 11 is 0. The predicted molar refractivity (Wildman–Crippen MR) is 120 cm³/mol. The molecule has 0 amide bonds. The summed E-state index contributed by atoms with van der Waals surface area (Å²) in [6, 6.07) is 11.2. The van der Waals surface area contributed by atoms with Gasteiger partial charge >= 0.3 is 0 Å². The van der Waals surface area contributed by atoms with Crippen LogP contribution >= 0.6 is 0 Å². The monoisotopic (exact) mass is 385 g/mol. The molecule has 1 unspecified atom stereocenters. The summed E-state index contributed by atoms with van der Waals surface area (Å²) < 4.78 is 0. The lowest BCUT2D eigenvalue weighted by molar-refractivity contribution is 0.188. The Balaban J connectivity index is 1.47. The molecule has 3 rings (SSSR count). The minimum atomic E-state index is 0.458. The normalized spacial score (nSPS) is 22.3. The van der Waals surface area contributed by atoms with Crippen LogP contribution in [0.2, 0.25) is 0 Å². The average molecular weight is 386 g/mol. The Morgan fingerprint density at radius 2 is 1.86 bits per heavy atom. The van der Waals surface area contributed by atoms with Gasteiger partial charge in [-0.15, -0.1) is 0 Å². The van der Waals surface area contributed by atoms with E-state index in [1.807, 2.05) is 0 Å². The molecule has 2 heterocycles. The van der Waals surface area contributed by atoms with Crippen LogP contribution in [0.1, 0.15) is 46.0 Å². The van der Waals surface area contributed by atoms with E-state index in [2.05, 4.69) is 64.6 Å². The van der Waals surface area contributed by atoms with Crippen molar-refractivity contribution in [3.63, 3.8) is 0 Å². The molecule has 0 spiro atoms. The Labute approximate surface area is 171 Å². The van der Waals surface area contributed by atoms with Crippen molar-refractivity contribution in [2.75, 3.05) is 50.7 Å². The molecule has 1 aromatic rings. The molecule has 2 N–H and O–H groups in total. The SMILES string of the molecule is CCNC(=NCCC1CCN(CC)CC1)NC1CCCN(c2ccccc2)C1. The molecule has 0 radical (unpaired) electrons. The quantitative estimate of drug-likeness (QED) is 0.558. The number of nitrogens with one attached hydrogen (secondary N) is 2. The van der Waals surface area contributed by atoms with Crippen LogP contribution in [0.5, 0.6) is 0 Å². The number of aliphatic imine (C=N–C) groups is 1. The zero-order valence-corrected chi connectivity index (χ0v) is 17.9. The molecule has 28 heavy (non-hydrogen) atoms.